The highest BCUT2D eigenvalue weighted by molar-refractivity contribution is 6.39. The summed E-state index contributed by atoms with van der Waals surface area (Å²) in [5, 5.41) is 5.29. The van der Waals surface area contributed by atoms with Gasteiger partial charge in [-0.05, 0) is 73.8 Å². The van der Waals surface area contributed by atoms with Gasteiger partial charge in [0.25, 0.3) is 0 Å². The lowest BCUT2D eigenvalue weighted by atomic mass is 10.0. The number of carbonyl (C=O) groups excluding carboxylic acids is 2. The second-order valence-corrected chi connectivity index (χ2v) is 7.99. The molecule has 0 aliphatic carbocycles. The molecule has 6 nitrogen and oxygen atoms in total. The van der Waals surface area contributed by atoms with Gasteiger partial charge in [-0.1, -0.05) is 12.1 Å². The van der Waals surface area contributed by atoms with E-state index < -0.39 is 17.6 Å². The van der Waals surface area contributed by atoms with Crippen molar-refractivity contribution in [2.75, 3.05) is 43.4 Å². The van der Waals surface area contributed by atoms with Crippen LogP contribution in [0.2, 0.25) is 0 Å². The van der Waals surface area contributed by atoms with E-state index in [0.717, 1.165) is 38.9 Å². The Morgan fingerprint density at radius 3 is 2.50 bits per heavy atom. The first kappa shape index (κ1) is 20.3. The molecule has 2 N–H and O–H groups in total. The Morgan fingerprint density at radius 2 is 1.77 bits per heavy atom. The van der Waals surface area contributed by atoms with Gasteiger partial charge in [-0.15, -0.1) is 0 Å². The maximum absolute atomic E-state index is 13.0. The first-order chi connectivity index (χ1) is 14.5. The van der Waals surface area contributed by atoms with E-state index in [4.69, 9.17) is 0 Å². The van der Waals surface area contributed by atoms with Crippen molar-refractivity contribution in [2.24, 2.45) is 0 Å². The highest BCUT2D eigenvalue weighted by Crippen LogP contribution is 2.32. The van der Waals surface area contributed by atoms with Crippen molar-refractivity contribution in [2.45, 2.75) is 25.3 Å². The normalized spacial score (nSPS) is 16.9. The first-order valence-electron chi connectivity index (χ1n) is 10.4. The molecule has 0 saturated carbocycles. The van der Waals surface area contributed by atoms with E-state index in [0.29, 0.717) is 12.2 Å². The molecule has 1 atom stereocenters. The molecule has 1 saturated heterocycles. The summed E-state index contributed by atoms with van der Waals surface area (Å²) in [5.74, 6) is -1.84. The molecule has 1 fully saturated rings. The fraction of sp³-hybridized carbons (Fsp3) is 0.391. The van der Waals surface area contributed by atoms with Crippen LogP contribution in [0.3, 0.4) is 0 Å². The molecule has 30 heavy (non-hydrogen) atoms. The van der Waals surface area contributed by atoms with Crippen molar-refractivity contribution in [1.82, 2.24) is 10.2 Å². The lowest BCUT2D eigenvalue weighted by molar-refractivity contribution is -0.136. The zero-order valence-corrected chi connectivity index (χ0v) is 17.2. The topological polar surface area (TPSA) is 64.7 Å². The summed E-state index contributed by atoms with van der Waals surface area (Å²) in [6, 6.07) is 11.9. The molecule has 2 heterocycles. The van der Waals surface area contributed by atoms with Crippen LogP contribution in [0.1, 0.15) is 30.0 Å². The van der Waals surface area contributed by atoms with Gasteiger partial charge in [0.1, 0.15) is 5.82 Å². The maximum atomic E-state index is 13.0. The fourth-order valence-electron chi connectivity index (χ4n) is 4.30. The lowest BCUT2D eigenvalue weighted by Crippen LogP contribution is -2.41. The Balaban J connectivity index is 1.43. The second kappa shape index (κ2) is 8.83. The number of rotatable bonds is 5. The lowest BCUT2D eigenvalue weighted by Gasteiger charge is -2.28. The van der Waals surface area contributed by atoms with Gasteiger partial charge in [0.2, 0.25) is 0 Å². The van der Waals surface area contributed by atoms with Crippen molar-refractivity contribution in [1.29, 1.82) is 0 Å². The van der Waals surface area contributed by atoms with E-state index >= 15 is 0 Å². The Labute approximate surface area is 176 Å². The standard InChI is InChI=1S/C23H27FN4O2/c1-27-13-10-17-14-16(4-9-20(17)27)21(28-11-2-3-12-28)15-25-22(29)23(30)26-19-7-5-18(24)6-8-19/h4-9,14,21H,2-3,10-13,15H2,1H3,(H,25,29)(H,26,30). The Bertz CT molecular complexity index is 925. The molecule has 0 radical (unpaired) electrons. The van der Waals surface area contributed by atoms with E-state index in [-0.39, 0.29) is 6.04 Å². The van der Waals surface area contributed by atoms with Gasteiger partial charge < -0.3 is 15.5 Å². The molecule has 0 aromatic heterocycles. The number of anilines is 2. The fourth-order valence-corrected chi connectivity index (χ4v) is 4.30. The molecule has 2 amide bonds. The molecule has 2 aliphatic heterocycles. The molecule has 4 rings (SSSR count). The number of likely N-dealkylation sites (tertiary alicyclic amines) is 1. The monoisotopic (exact) mass is 410 g/mol. The van der Waals surface area contributed by atoms with Gasteiger partial charge in [0, 0.05) is 31.5 Å². The number of nitrogens with one attached hydrogen (secondary N) is 2. The summed E-state index contributed by atoms with van der Waals surface area (Å²) >= 11 is 0. The molecule has 1 unspecified atom stereocenters. The van der Waals surface area contributed by atoms with E-state index in [2.05, 4.69) is 45.7 Å². The summed E-state index contributed by atoms with van der Waals surface area (Å²) in [6.45, 7) is 3.36. The molecule has 2 aromatic rings. The molecular weight excluding hydrogens is 383 g/mol. The number of nitrogens with zero attached hydrogens (tertiary/aromatic N) is 2. The highest BCUT2D eigenvalue weighted by atomic mass is 19.1. The minimum Gasteiger partial charge on any atom is -0.374 e. The van der Waals surface area contributed by atoms with Crippen LogP contribution in [-0.4, -0.2) is 49.9 Å². The van der Waals surface area contributed by atoms with Crippen molar-refractivity contribution in [3.8, 4) is 0 Å². The van der Waals surface area contributed by atoms with Gasteiger partial charge in [-0.25, -0.2) is 4.39 Å². The van der Waals surface area contributed by atoms with E-state index in [1.54, 1.807) is 0 Å². The Kier molecular flexibility index (Phi) is 5.99. The zero-order valence-electron chi connectivity index (χ0n) is 17.2. The highest BCUT2D eigenvalue weighted by Gasteiger charge is 2.27. The van der Waals surface area contributed by atoms with Crippen LogP contribution >= 0.6 is 0 Å². The van der Waals surface area contributed by atoms with Crippen LogP contribution in [-0.2, 0) is 16.0 Å². The number of halogens is 1. The Morgan fingerprint density at radius 1 is 1.03 bits per heavy atom. The SMILES string of the molecule is CN1CCc2cc(C(CNC(=O)C(=O)Nc3ccc(F)cc3)N3CCCC3)ccc21. The van der Waals surface area contributed by atoms with Crippen molar-refractivity contribution >= 4 is 23.2 Å². The second-order valence-electron chi connectivity index (χ2n) is 7.99. The molecule has 2 aromatic carbocycles. The van der Waals surface area contributed by atoms with Crippen molar-refractivity contribution in [3.05, 3.63) is 59.4 Å². The van der Waals surface area contributed by atoms with Crippen LogP contribution in [0.5, 0.6) is 0 Å². The minimum atomic E-state index is -0.752. The molecule has 0 bridgehead atoms. The largest absolute Gasteiger partial charge is 0.374 e. The minimum absolute atomic E-state index is 0.0336. The third-order valence-electron chi connectivity index (χ3n) is 5.96. The van der Waals surface area contributed by atoms with Crippen molar-refractivity contribution in [3.63, 3.8) is 0 Å². The van der Waals surface area contributed by atoms with Crippen LogP contribution < -0.4 is 15.5 Å². The number of likely N-dealkylation sites (N-methyl/N-ethyl adjacent to an activating group) is 1. The summed E-state index contributed by atoms with van der Waals surface area (Å²) < 4.78 is 13.0. The predicted octanol–water partition coefficient (Wildman–Crippen LogP) is 2.71. The summed E-state index contributed by atoms with van der Waals surface area (Å²) in [5.41, 5.74) is 4.15. The average Bonchev–Trinajstić information content (AvgIpc) is 3.40. The van der Waals surface area contributed by atoms with Gasteiger partial charge in [-0.3, -0.25) is 14.5 Å². The summed E-state index contributed by atoms with van der Waals surface area (Å²) in [6.07, 6.45) is 3.31. The number of benzene rings is 2. The number of fused-ring (bicyclic) bond motifs is 1. The van der Waals surface area contributed by atoms with Gasteiger partial charge in [0.05, 0.1) is 6.04 Å². The smallest absolute Gasteiger partial charge is 0.313 e. The third kappa shape index (κ3) is 4.46. The number of hydrogen-bond donors (Lipinski definition) is 2. The average molecular weight is 410 g/mol. The van der Waals surface area contributed by atoms with E-state index in [9.17, 15) is 14.0 Å². The molecule has 7 heteroatoms. The van der Waals surface area contributed by atoms with Gasteiger partial charge in [-0.2, -0.15) is 0 Å². The van der Waals surface area contributed by atoms with Crippen molar-refractivity contribution < 1.29 is 14.0 Å². The van der Waals surface area contributed by atoms with Crippen LogP contribution in [0, 0.1) is 5.82 Å². The number of amides is 2. The van der Waals surface area contributed by atoms with Crippen LogP contribution in [0.4, 0.5) is 15.8 Å². The quantitative estimate of drug-likeness (QED) is 0.744. The number of hydrogen-bond acceptors (Lipinski definition) is 4. The van der Waals surface area contributed by atoms with Gasteiger partial charge >= 0.3 is 11.8 Å². The molecule has 0 spiro atoms. The zero-order chi connectivity index (χ0) is 21.1. The van der Waals surface area contributed by atoms with Gasteiger partial charge in [0.15, 0.2) is 0 Å². The van der Waals surface area contributed by atoms with Crippen LogP contribution in [0.15, 0.2) is 42.5 Å². The number of carbonyl (C=O) groups is 2. The van der Waals surface area contributed by atoms with E-state index in [1.807, 2.05) is 0 Å². The predicted molar refractivity (Wildman–Crippen MR) is 115 cm³/mol. The van der Waals surface area contributed by atoms with Crippen LogP contribution in [0.25, 0.3) is 0 Å². The Hall–Kier alpha value is -2.93. The summed E-state index contributed by atoms with van der Waals surface area (Å²) in [7, 11) is 2.10. The third-order valence-corrected chi connectivity index (χ3v) is 5.96. The summed E-state index contributed by atoms with van der Waals surface area (Å²) in [4.78, 5) is 29.2. The molecule has 2 aliphatic rings. The first-order valence-corrected chi connectivity index (χ1v) is 10.4. The molecule has 158 valence electrons. The molecular formula is C23H27FN4O2. The maximum Gasteiger partial charge on any atom is 0.313 e. The van der Waals surface area contributed by atoms with E-state index in [1.165, 1.54) is 41.1 Å².